The number of carbonyl (C=O) groups excluding carboxylic acids is 1. The summed E-state index contributed by atoms with van der Waals surface area (Å²) < 4.78 is 25.5. The van der Waals surface area contributed by atoms with Crippen LogP contribution < -0.4 is 20.1 Å². The summed E-state index contributed by atoms with van der Waals surface area (Å²) in [5, 5.41) is 6.12. The minimum Gasteiger partial charge on any atom is -0.495 e. The lowest BCUT2D eigenvalue weighted by atomic mass is 10.1. The minimum absolute atomic E-state index is 0.0149. The Bertz CT molecular complexity index is 1240. The van der Waals surface area contributed by atoms with Gasteiger partial charge in [0.15, 0.2) is 0 Å². The average Bonchev–Trinajstić information content (AvgIpc) is 2.82. The fourth-order valence-corrected chi connectivity index (χ4v) is 3.85. The second kappa shape index (κ2) is 11.2. The van der Waals surface area contributed by atoms with E-state index in [-0.39, 0.29) is 33.0 Å². The molecule has 1 amide bonds. The molecular formula is C24H19Cl3FN3O3. The smallest absolute Gasteiger partial charge is 0.247 e. The van der Waals surface area contributed by atoms with Crippen molar-refractivity contribution >= 4 is 69.8 Å². The van der Waals surface area contributed by atoms with Crippen LogP contribution in [-0.2, 0) is 4.79 Å². The first-order valence-electron chi connectivity index (χ1n) is 9.71. The number of halogens is 4. The van der Waals surface area contributed by atoms with Gasteiger partial charge in [0.2, 0.25) is 5.91 Å². The minimum atomic E-state index is -0.699. The SMILES string of the molecule is C=CC(=O)Nc1cccc(Cl)c1Nc1ccc(/C=C(\F)c2c(Cl)c(OC)cc(OC)c2Cl)cn1. The molecule has 1 aromatic heterocycles. The van der Waals surface area contributed by atoms with E-state index in [4.69, 9.17) is 44.3 Å². The Kier molecular flexibility index (Phi) is 8.39. The quantitative estimate of drug-likeness (QED) is 0.302. The van der Waals surface area contributed by atoms with Crippen molar-refractivity contribution in [3.05, 3.63) is 81.4 Å². The molecule has 0 saturated heterocycles. The van der Waals surface area contributed by atoms with E-state index in [1.165, 1.54) is 32.6 Å². The van der Waals surface area contributed by atoms with Crippen molar-refractivity contribution < 1.29 is 18.7 Å². The number of ether oxygens (including phenoxy) is 2. The highest BCUT2D eigenvalue weighted by Gasteiger charge is 2.20. The molecule has 0 radical (unpaired) electrons. The number of rotatable bonds is 8. The number of benzene rings is 2. The number of pyridine rings is 1. The lowest BCUT2D eigenvalue weighted by molar-refractivity contribution is -0.111. The molecule has 0 saturated carbocycles. The largest absolute Gasteiger partial charge is 0.495 e. The molecular weight excluding hydrogens is 504 g/mol. The Labute approximate surface area is 211 Å². The summed E-state index contributed by atoms with van der Waals surface area (Å²) in [6.07, 6.45) is 3.82. The number of carbonyl (C=O) groups is 1. The second-order valence-electron chi connectivity index (χ2n) is 6.73. The van der Waals surface area contributed by atoms with E-state index in [1.807, 2.05) is 0 Å². The van der Waals surface area contributed by atoms with Gasteiger partial charge in [-0.2, -0.15) is 0 Å². The zero-order valence-electron chi connectivity index (χ0n) is 18.1. The Balaban J connectivity index is 1.90. The van der Waals surface area contributed by atoms with E-state index in [9.17, 15) is 4.79 Å². The van der Waals surface area contributed by atoms with Crippen molar-refractivity contribution in [2.45, 2.75) is 0 Å². The Morgan fingerprint density at radius 1 is 1.09 bits per heavy atom. The fraction of sp³-hybridized carbons (Fsp3) is 0.0833. The molecule has 1 heterocycles. The molecule has 0 bridgehead atoms. The summed E-state index contributed by atoms with van der Waals surface area (Å²) in [5.74, 6) is -0.230. The maximum Gasteiger partial charge on any atom is 0.247 e. The van der Waals surface area contributed by atoms with Gasteiger partial charge in [0.25, 0.3) is 0 Å². The van der Waals surface area contributed by atoms with Gasteiger partial charge in [-0.15, -0.1) is 0 Å². The maximum absolute atomic E-state index is 15.2. The number of aromatic nitrogens is 1. The van der Waals surface area contributed by atoms with Gasteiger partial charge >= 0.3 is 0 Å². The first-order chi connectivity index (χ1) is 16.3. The molecule has 176 valence electrons. The summed E-state index contributed by atoms with van der Waals surface area (Å²) in [6.45, 7) is 3.43. The topological polar surface area (TPSA) is 72.5 Å². The molecule has 2 N–H and O–H groups in total. The normalized spacial score (nSPS) is 11.1. The molecule has 0 aliphatic carbocycles. The van der Waals surface area contributed by atoms with Gasteiger partial charge in [0.1, 0.15) is 23.1 Å². The van der Waals surface area contributed by atoms with Gasteiger partial charge in [0.05, 0.1) is 46.2 Å². The van der Waals surface area contributed by atoms with E-state index >= 15 is 4.39 Å². The third kappa shape index (κ3) is 5.62. The highest BCUT2D eigenvalue weighted by Crippen LogP contribution is 2.44. The maximum atomic E-state index is 15.2. The van der Waals surface area contributed by atoms with Crippen LogP contribution in [0.25, 0.3) is 11.9 Å². The number of nitrogens with zero attached hydrogens (tertiary/aromatic N) is 1. The standard InChI is InChI=1S/C24H19Cl3FN3O3/c1-4-20(32)30-16-7-5-6-14(25)24(16)31-19-9-8-13(12-29-19)10-15(28)21-22(26)17(33-2)11-18(34-3)23(21)27/h4-12H,1H2,2-3H3,(H,29,31)(H,30,32)/b15-10-. The number of para-hydroxylation sites is 1. The van der Waals surface area contributed by atoms with Gasteiger partial charge in [-0.3, -0.25) is 4.79 Å². The summed E-state index contributed by atoms with van der Waals surface area (Å²) in [5.41, 5.74) is 1.28. The first kappa shape index (κ1) is 25.4. The number of hydrogen-bond acceptors (Lipinski definition) is 5. The molecule has 0 aliphatic heterocycles. The van der Waals surface area contributed by atoms with E-state index in [2.05, 4.69) is 22.2 Å². The molecule has 2 aromatic carbocycles. The number of nitrogens with one attached hydrogen (secondary N) is 2. The van der Waals surface area contributed by atoms with Crippen LogP contribution in [0.5, 0.6) is 11.5 Å². The van der Waals surface area contributed by atoms with Gasteiger partial charge in [-0.1, -0.05) is 47.4 Å². The van der Waals surface area contributed by atoms with Gasteiger partial charge in [-0.05, 0) is 42.0 Å². The van der Waals surface area contributed by atoms with Gasteiger partial charge in [-0.25, -0.2) is 9.37 Å². The van der Waals surface area contributed by atoms with Crippen molar-refractivity contribution in [3.8, 4) is 11.5 Å². The predicted molar refractivity (Wildman–Crippen MR) is 136 cm³/mol. The third-order valence-electron chi connectivity index (χ3n) is 4.60. The van der Waals surface area contributed by atoms with Gasteiger partial charge < -0.3 is 20.1 Å². The van der Waals surface area contributed by atoms with Crippen LogP contribution in [0, 0.1) is 0 Å². The van der Waals surface area contributed by atoms with Crippen molar-refractivity contribution in [3.63, 3.8) is 0 Å². The number of anilines is 3. The van der Waals surface area contributed by atoms with Crippen LogP contribution in [0.3, 0.4) is 0 Å². The highest BCUT2D eigenvalue weighted by atomic mass is 35.5. The van der Waals surface area contributed by atoms with Crippen LogP contribution in [-0.4, -0.2) is 25.1 Å². The van der Waals surface area contributed by atoms with Gasteiger partial charge in [0, 0.05) is 12.3 Å². The Morgan fingerprint density at radius 2 is 1.76 bits per heavy atom. The number of methoxy groups -OCH3 is 2. The Hall–Kier alpha value is -3.26. The highest BCUT2D eigenvalue weighted by molar-refractivity contribution is 6.39. The summed E-state index contributed by atoms with van der Waals surface area (Å²) >= 11 is 18.8. The number of amides is 1. The lowest BCUT2D eigenvalue weighted by Crippen LogP contribution is -2.09. The summed E-state index contributed by atoms with van der Waals surface area (Å²) in [6, 6.07) is 9.77. The first-order valence-corrected chi connectivity index (χ1v) is 10.8. The molecule has 0 fully saturated rings. The second-order valence-corrected chi connectivity index (χ2v) is 7.90. The van der Waals surface area contributed by atoms with E-state index < -0.39 is 5.83 Å². The zero-order valence-corrected chi connectivity index (χ0v) is 20.4. The molecule has 0 unspecified atom stereocenters. The summed E-state index contributed by atoms with van der Waals surface area (Å²) in [4.78, 5) is 16.0. The van der Waals surface area contributed by atoms with Crippen molar-refractivity contribution in [1.29, 1.82) is 0 Å². The van der Waals surface area contributed by atoms with E-state index in [0.717, 1.165) is 6.08 Å². The monoisotopic (exact) mass is 521 g/mol. The Morgan fingerprint density at radius 3 is 2.32 bits per heavy atom. The molecule has 3 aromatic rings. The lowest BCUT2D eigenvalue weighted by Gasteiger charge is -2.14. The molecule has 0 spiro atoms. The van der Waals surface area contributed by atoms with Crippen LogP contribution in [0.1, 0.15) is 11.1 Å². The molecule has 34 heavy (non-hydrogen) atoms. The van der Waals surface area contributed by atoms with Crippen molar-refractivity contribution in [2.75, 3.05) is 24.9 Å². The molecule has 3 rings (SSSR count). The fourth-order valence-electron chi connectivity index (χ4n) is 2.95. The van der Waals surface area contributed by atoms with Crippen LogP contribution in [0.15, 0.2) is 55.3 Å². The van der Waals surface area contributed by atoms with Crippen molar-refractivity contribution in [2.24, 2.45) is 0 Å². The average molecular weight is 523 g/mol. The molecule has 10 heteroatoms. The molecule has 0 aliphatic rings. The van der Waals surface area contributed by atoms with E-state index in [0.29, 0.717) is 27.8 Å². The zero-order chi connectivity index (χ0) is 24.8. The van der Waals surface area contributed by atoms with E-state index in [1.54, 1.807) is 30.3 Å². The predicted octanol–water partition coefficient (Wildman–Crippen LogP) is 7.39. The van der Waals surface area contributed by atoms with Crippen LogP contribution in [0.2, 0.25) is 15.1 Å². The van der Waals surface area contributed by atoms with Crippen molar-refractivity contribution in [1.82, 2.24) is 4.98 Å². The van der Waals surface area contributed by atoms with Crippen LogP contribution in [0.4, 0.5) is 21.6 Å². The van der Waals surface area contributed by atoms with Crippen LogP contribution >= 0.6 is 34.8 Å². The molecule has 0 atom stereocenters. The summed E-state index contributed by atoms with van der Waals surface area (Å²) in [7, 11) is 2.81. The number of hydrogen-bond donors (Lipinski definition) is 2. The third-order valence-corrected chi connectivity index (χ3v) is 5.67. The molecule has 6 nitrogen and oxygen atoms in total.